The summed E-state index contributed by atoms with van der Waals surface area (Å²) in [6.07, 6.45) is 1.31. The molecule has 6 nitrogen and oxygen atoms in total. The van der Waals surface area contributed by atoms with Crippen LogP contribution in [-0.2, 0) is 19.5 Å². The molecule has 0 amide bonds. The lowest BCUT2D eigenvalue weighted by Gasteiger charge is -2.34. The van der Waals surface area contributed by atoms with Crippen LogP contribution in [0.1, 0.15) is 49.8 Å². The molecule has 3 rings (SSSR count). The van der Waals surface area contributed by atoms with Crippen LogP contribution in [0.4, 0.5) is 13.2 Å². The second-order valence-electron chi connectivity index (χ2n) is 5.95. The number of alkyl halides is 3. The Morgan fingerprint density at radius 2 is 2.17 bits per heavy atom. The van der Waals surface area contributed by atoms with Gasteiger partial charge in [0, 0.05) is 18.9 Å². The van der Waals surface area contributed by atoms with Crippen molar-refractivity contribution in [3.05, 3.63) is 29.9 Å². The van der Waals surface area contributed by atoms with Gasteiger partial charge in [0.2, 0.25) is 5.89 Å². The van der Waals surface area contributed by atoms with Crippen LogP contribution in [0, 0.1) is 0 Å². The summed E-state index contributed by atoms with van der Waals surface area (Å²) in [6, 6.07) is 0.117. The molecular formula is C15H20F3N5O. The number of rotatable bonds is 5. The van der Waals surface area contributed by atoms with E-state index in [9.17, 15) is 13.2 Å². The number of imidazole rings is 1. The van der Waals surface area contributed by atoms with E-state index in [1.54, 1.807) is 6.20 Å². The fourth-order valence-electron chi connectivity index (χ4n) is 3.14. The van der Waals surface area contributed by atoms with Gasteiger partial charge in [0.15, 0.2) is 5.82 Å². The first-order valence-corrected chi connectivity index (χ1v) is 8.09. The van der Waals surface area contributed by atoms with Gasteiger partial charge in [0.25, 0.3) is 0 Å². The van der Waals surface area contributed by atoms with Crippen LogP contribution in [0.15, 0.2) is 16.9 Å². The van der Waals surface area contributed by atoms with Gasteiger partial charge >= 0.3 is 6.18 Å². The molecule has 1 aliphatic rings. The number of aryl methyl sites for hydroxylation is 1. The first kappa shape index (κ1) is 16.9. The van der Waals surface area contributed by atoms with Gasteiger partial charge in [0.05, 0.1) is 12.6 Å². The van der Waals surface area contributed by atoms with Crippen LogP contribution in [0.3, 0.4) is 0 Å². The quantitative estimate of drug-likeness (QED) is 0.835. The van der Waals surface area contributed by atoms with Gasteiger partial charge in [-0.05, 0) is 26.3 Å². The minimum Gasteiger partial charge on any atom is -0.338 e. The van der Waals surface area contributed by atoms with Gasteiger partial charge in [-0.15, -0.1) is 0 Å². The van der Waals surface area contributed by atoms with Gasteiger partial charge in [-0.1, -0.05) is 11.6 Å². The second-order valence-corrected chi connectivity index (χ2v) is 5.95. The molecule has 24 heavy (non-hydrogen) atoms. The Balaban J connectivity index is 1.72. The van der Waals surface area contributed by atoms with E-state index >= 15 is 0 Å². The molecule has 1 aliphatic heterocycles. The van der Waals surface area contributed by atoms with Crippen LogP contribution >= 0.6 is 0 Å². The number of nitrogens with zero attached hydrogens (tertiary/aromatic N) is 5. The van der Waals surface area contributed by atoms with E-state index in [2.05, 4.69) is 31.5 Å². The van der Waals surface area contributed by atoms with E-state index in [4.69, 9.17) is 4.52 Å². The molecule has 0 saturated carbocycles. The number of aromatic nitrogens is 4. The lowest BCUT2D eigenvalue weighted by molar-refractivity contribution is -0.128. The maximum atomic E-state index is 12.4. The number of hydrogen-bond acceptors (Lipinski definition) is 5. The summed E-state index contributed by atoms with van der Waals surface area (Å²) in [5.41, 5.74) is 0. The summed E-state index contributed by atoms with van der Waals surface area (Å²) >= 11 is 0. The predicted molar refractivity (Wildman–Crippen MR) is 79.0 cm³/mol. The smallest absolute Gasteiger partial charge is 0.338 e. The molecule has 1 unspecified atom stereocenters. The third-order valence-corrected chi connectivity index (χ3v) is 4.21. The summed E-state index contributed by atoms with van der Waals surface area (Å²) in [6.45, 7) is 4.06. The maximum absolute atomic E-state index is 12.4. The van der Waals surface area contributed by atoms with E-state index in [0.717, 1.165) is 38.2 Å². The first-order chi connectivity index (χ1) is 11.5. The Bertz CT molecular complexity index is 666. The van der Waals surface area contributed by atoms with Gasteiger partial charge in [0.1, 0.15) is 12.2 Å². The van der Waals surface area contributed by atoms with Crippen molar-refractivity contribution >= 4 is 0 Å². The summed E-state index contributed by atoms with van der Waals surface area (Å²) in [7, 11) is 0. The van der Waals surface area contributed by atoms with Crippen molar-refractivity contribution in [2.45, 2.75) is 57.9 Å². The molecule has 0 aliphatic carbocycles. The molecule has 0 N–H and O–H groups in total. The van der Waals surface area contributed by atoms with Crippen molar-refractivity contribution in [2.24, 2.45) is 0 Å². The zero-order valence-electron chi connectivity index (χ0n) is 13.5. The zero-order valence-corrected chi connectivity index (χ0v) is 13.5. The van der Waals surface area contributed by atoms with E-state index in [0.29, 0.717) is 6.54 Å². The molecule has 2 aromatic rings. The molecule has 1 atom stereocenters. The van der Waals surface area contributed by atoms with Crippen molar-refractivity contribution in [3.63, 3.8) is 0 Å². The molecule has 3 heterocycles. The third-order valence-electron chi connectivity index (χ3n) is 4.21. The minimum atomic E-state index is -4.33. The van der Waals surface area contributed by atoms with Gasteiger partial charge in [-0.25, -0.2) is 4.98 Å². The van der Waals surface area contributed by atoms with Crippen molar-refractivity contribution in [1.82, 2.24) is 24.6 Å². The highest BCUT2D eigenvalue weighted by Gasteiger charge is 2.32. The SMILES string of the molecule is CCn1ccnc1C1CCCCN1Cc1nc(CC(F)(F)F)no1. The van der Waals surface area contributed by atoms with Crippen molar-refractivity contribution in [1.29, 1.82) is 0 Å². The average Bonchev–Trinajstić information content (AvgIpc) is 3.15. The Morgan fingerprint density at radius 3 is 2.92 bits per heavy atom. The summed E-state index contributed by atoms with van der Waals surface area (Å²) in [5.74, 6) is 0.879. The van der Waals surface area contributed by atoms with Crippen molar-refractivity contribution in [2.75, 3.05) is 6.54 Å². The number of halogens is 3. The van der Waals surface area contributed by atoms with Gasteiger partial charge in [-0.2, -0.15) is 18.2 Å². The first-order valence-electron chi connectivity index (χ1n) is 8.09. The van der Waals surface area contributed by atoms with E-state index in [1.165, 1.54) is 0 Å². The molecule has 0 aromatic carbocycles. The van der Waals surface area contributed by atoms with Crippen molar-refractivity contribution < 1.29 is 17.7 Å². The van der Waals surface area contributed by atoms with Crippen LogP contribution in [-0.4, -0.2) is 37.3 Å². The van der Waals surface area contributed by atoms with E-state index < -0.39 is 12.6 Å². The second kappa shape index (κ2) is 6.92. The highest BCUT2D eigenvalue weighted by molar-refractivity contribution is 5.02. The summed E-state index contributed by atoms with van der Waals surface area (Å²) in [5, 5.41) is 3.43. The Hall–Kier alpha value is -1.90. The van der Waals surface area contributed by atoms with Crippen LogP contribution in [0.5, 0.6) is 0 Å². The molecule has 132 valence electrons. The molecule has 0 bridgehead atoms. The predicted octanol–water partition coefficient (Wildman–Crippen LogP) is 3.12. The number of piperidine rings is 1. The molecule has 2 aromatic heterocycles. The lowest BCUT2D eigenvalue weighted by Crippen LogP contribution is -2.34. The normalized spacial score (nSPS) is 19.8. The fraction of sp³-hybridized carbons (Fsp3) is 0.667. The Kier molecular flexibility index (Phi) is 4.88. The molecule has 0 radical (unpaired) electrons. The maximum Gasteiger partial charge on any atom is 0.396 e. The monoisotopic (exact) mass is 343 g/mol. The van der Waals surface area contributed by atoms with E-state index in [-0.39, 0.29) is 17.8 Å². The molecule has 1 fully saturated rings. The van der Waals surface area contributed by atoms with Crippen LogP contribution in [0.25, 0.3) is 0 Å². The van der Waals surface area contributed by atoms with Gasteiger partial charge < -0.3 is 9.09 Å². The summed E-state index contributed by atoms with van der Waals surface area (Å²) in [4.78, 5) is 10.5. The largest absolute Gasteiger partial charge is 0.396 e. The molecule has 9 heteroatoms. The molecular weight excluding hydrogens is 323 g/mol. The highest BCUT2D eigenvalue weighted by atomic mass is 19.4. The molecule has 0 spiro atoms. The van der Waals surface area contributed by atoms with Gasteiger partial charge in [-0.3, -0.25) is 4.90 Å². The minimum absolute atomic E-state index is 0.117. The summed E-state index contributed by atoms with van der Waals surface area (Å²) < 4.78 is 44.3. The third kappa shape index (κ3) is 3.95. The zero-order chi connectivity index (χ0) is 17.2. The standard InChI is InChI=1S/C15H20F3N5O/c1-2-22-8-6-19-14(22)11-5-3-4-7-23(11)10-13-20-12(21-24-13)9-15(16,17)18/h6,8,11H,2-5,7,9-10H2,1H3. The lowest BCUT2D eigenvalue weighted by atomic mass is 10.0. The number of likely N-dealkylation sites (tertiary alicyclic amines) is 1. The Labute approximate surface area is 137 Å². The average molecular weight is 343 g/mol. The van der Waals surface area contributed by atoms with Crippen molar-refractivity contribution in [3.8, 4) is 0 Å². The topological polar surface area (TPSA) is 60.0 Å². The Morgan fingerprint density at radius 1 is 1.33 bits per heavy atom. The fourth-order valence-corrected chi connectivity index (χ4v) is 3.14. The van der Waals surface area contributed by atoms with E-state index in [1.807, 2.05) is 6.20 Å². The highest BCUT2D eigenvalue weighted by Crippen LogP contribution is 2.31. The number of hydrogen-bond donors (Lipinski definition) is 0. The molecule has 1 saturated heterocycles. The van der Waals surface area contributed by atoms with Crippen LogP contribution in [0.2, 0.25) is 0 Å². The van der Waals surface area contributed by atoms with Crippen LogP contribution < -0.4 is 0 Å².